The zero-order valence-electron chi connectivity index (χ0n) is 10.3. The zero-order chi connectivity index (χ0) is 12.8. The van der Waals surface area contributed by atoms with Gasteiger partial charge in [0, 0.05) is 22.1 Å². The van der Waals surface area contributed by atoms with Gasteiger partial charge in [-0.1, -0.05) is 6.92 Å². The number of rotatable bonds is 6. The number of benzene rings is 1. The van der Waals surface area contributed by atoms with Crippen LogP contribution in [0.25, 0.3) is 11.5 Å². The molecule has 0 bridgehead atoms. The molecular formula is C13H16IN3O. The van der Waals surface area contributed by atoms with E-state index in [9.17, 15) is 0 Å². The molecule has 0 amide bonds. The van der Waals surface area contributed by atoms with Gasteiger partial charge in [0.2, 0.25) is 11.8 Å². The highest BCUT2D eigenvalue weighted by molar-refractivity contribution is 14.1. The SMILES string of the molecule is CCCNCCc1nnc(-c2ccc(I)cc2)o1. The second-order valence-electron chi connectivity index (χ2n) is 4.01. The molecule has 4 nitrogen and oxygen atoms in total. The summed E-state index contributed by atoms with van der Waals surface area (Å²) >= 11 is 2.27. The van der Waals surface area contributed by atoms with E-state index in [0.29, 0.717) is 11.8 Å². The van der Waals surface area contributed by atoms with E-state index < -0.39 is 0 Å². The van der Waals surface area contributed by atoms with Gasteiger partial charge in [-0.3, -0.25) is 0 Å². The molecule has 1 aromatic carbocycles. The molecule has 0 saturated heterocycles. The fourth-order valence-electron chi connectivity index (χ4n) is 1.56. The molecule has 0 radical (unpaired) electrons. The van der Waals surface area contributed by atoms with Crippen molar-refractivity contribution in [2.75, 3.05) is 13.1 Å². The first-order valence-electron chi connectivity index (χ1n) is 6.08. The van der Waals surface area contributed by atoms with E-state index in [1.807, 2.05) is 24.3 Å². The van der Waals surface area contributed by atoms with Crippen LogP contribution in [0.3, 0.4) is 0 Å². The molecule has 2 rings (SSSR count). The molecule has 0 aliphatic heterocycles. The Kier molecular flexibility index (Phi) is 5.12. The highest BCUT2D eigenvalue weighted by atomic mass is 127. The maximum absolute atomic E-state index is 5.63. The smallest absolute Gasteiger partial charge is 0.247 e. The van der Waals surface area contributed by atoms with E-state index in [1.54, 1.807) is 0 Å². The summed E-state index contributed by atoms with van der Waals surface area (Å²) in [6.07, 6.45) is 1.91. The van der Waals surface area contributed by atoms with Crippen LogP contribution in [0.15, 0.2) is 28.7 Å². The topological polar surface area (TPSA) is 51.0 Å². The van der Waals surface area contributed by atoms with Gasteiger partial charge in [-0.2, -0.15) is 0 Å². The first kappa shape index (κ1) is 13.5. The van der Waals surface area contributed by atoms with Crippen LogP contribution in [0.4, 0.5) is 0 Å². The van der Waals surface area contributed by atoms with Gasteiger partial charge in [0.15, 0.2) is 0 Å². The maximum Gasteiger partial charge on any atom is 0.247 e. The van der Waals surface area contributed by atoms with Crippen LogP contribution >= 0.6 is 22.6 Å². The van der Waals surface area contributed by atoms with Crippen LogP contribution in [0.1, 0.15) is 19.2 Å². The number of nitrogens with zero attached hydrogens (tertiary/aromatic N) is 2. The predicted molar refractivity (Wildman–Crippen MR) is 79.3 cm³/mol. The predicted octanol–water partition coefficient (Wildman–Crippen LogP) is 2.88. The highest BCUT2D eigenvalue weighted by Crippen LogP contribution is 2.18. The van der Waals surface area contributed by atoms with E-state index in [0.717, 1.165) is 31.5 Å². The third-order valence-corrected chi connectivity index (χ3v) is 3.22. The molecular weight excluding hydrogens is 341 g/mol. The van der Waals surface area contributed by atoms with E-state index >= 15 is 0 Å². The molecule has 1 aromatic heterocycles. The minimum Gasteiger partial charge on any atom is -0.421 e. The standard InChI is InChI=1S/C13H16IN3O/c1-2-8-15-9-7-12-16-17-13(18-12)10-3-5-11(14)6-4-10/h3-6,15H,2,7-9H2,1H3. The van der Waals surface area contributed by atoms with Crippen molar-refractivity contribution in [1.29, 1.82) is 0 Å². The summed E-state index contributed by atoms with van der Waals surface area (Å²) in [4.78, 5) is 0. The van der Waals surface area contributed by atoms with Crippen LogP contribution in [-0.2, 0) is 6.42 Å². The molecule has 0 spiro atoms. The van der Waals surface area contributed by atoms with Crippen molar-refractivity contribution in [2.45, 2.75) is 19.8 Å². The van der Waals surface area contributed by atoms with Crippen LogP contribution in [0.2, 0.25) is 0 Å². The summed E-state index contributed by atoms with van der Waals surface area (Å²) in [5, 5.41) is 11.4. The molecule has 0 saturated carbocycles. The largest absolute Gasteiger partial charge is 0.421 e. The number of aromatic nitrogens is 2. The normalized spacial score (nSPS) is 10.8. The van der Waals surface area contributed by atoms with E-state index in [4.69, 9.17) is 4.42 Å². The van der Waals surface area contributed by atoms with Crippen molar-refractivity contribution in [3.8, 4) is 11.5 Å². The molecule has 2 aromatic rings. The Morgan fingerprint density at radius 2 is 1.94 bits per heavy atom. The lowest BCUT2D eigenvalue weighted by molar-refractivity contribution is 0.494. The average Bonchev–Trinajstić information content (AvgIpc) is 2.84. The monoisotopic (exact) mass is 357 g/mol. The van der Waals surface area contributed by atoms with Gasteiger partial charge in [0.05, 0.1) is 0 Å². The molecule has 0 aliphatic carbocycles. The molecule has 1 N–H and O–H groups in total. The number of hydrogen-bond donors (Lipinski definition) is 1. The van der Waals surface area contributed by atoms with Crippen molar-refractivity contribution in [3.05, 3.63) is 33.7 Å². The Morgan fingerprint density at radius 3 is 2.67 bits per heavy atom. The quantitative estimate of drug-likeness (QED) is 0.638. The van der Waals surface area contributed by atoms with Crippen molar-refractivity contribution in [2.24, 2.45) is 0 Å². The summed E-state index contributed by atoms with van der Waals surface area (Å²) in [5.74, 6) is 1.28. The molecule has 0 fully saturated rings. The van der Waals surface area contributed by atoms with Gasteiger partial charge < -0.3 is 9.73 Å². The minimum absolute atomic E-state index is 0.594. The Hall–Kier alpha value is -0.950. The van der Waals surface area contributed by atoms with Crippen LogP contribution in [-0.4, -0.2) is 23.3 Å². The first-order valence-corrected chi connectivity index (χ1v) is 7.16. The summed E-state index contributed by atoms with van der Waals surface area (Å²) in [7, 11) is 0. The molecule has 0 unspecified atom stereocenters. The average molecular weight is 357 g/mol. The van der Waals surface area contributed by atoms with Gasteiger partial charge in [0.1, 0.15) is 0 Å². The maximum atomic E-state index is 5.63. The first-order chi connectivity index (χ1) is 8.79. The third kappa shape index (κ3) is 3.78. The molecule has 1 heterocycles. The van der Waals surface area contributed by atoms with Crippen LogP contribution < -0.4 is 5.32 Å². The summed E-state index contributed by atoms with van der Waals surface area (Å²) in [6.45, 7) is 4.05. The second-order valence-corrected chi connectivity index (χ2v) is 5.25. The fraction of sp³-hybridized carbons (Fsp3) is 0.385. The fourth-order valence-corrected chi connectivity index (χ4v) is 1.92. The lowest BCUT2D eigenvalue weighted by atomic mass is 10.2. The molecule has 18 heavy (non-hydrogen) atoms. The van der Waals surface area contributed by atoms with Crippen LogP contribution in [0.5, 0.6) is 0 Å². The third-order valence-electron chi connectivity index (χ3n) is 2.50. The van der Waals surface area contributed by atoms with E-state index in [2.05, 4.69) is 45.0 Å². The van der Waals surface area contributed by atoms with Crippen molar-refractivity contribution in [3.63, 3.8) is 0 Å². The van der Waals surface area contributed by atoms with Gasteiger partial charge in [0.25, 0.3) is 0 Å². The molecule has 5 heteroatoms. The Bertz CT molecular complexity index is 481. The summed E-state index contributed by atoms with van der Waals surface area (Å²) < 4.78 is 6.82. The summed E-state index contributed by atoms with van der Waals surface area (Å²) in [6, 6.07) is 8.05. The lowest BCUT2D eigenvalue weighted by Crippen LogP contribution is -2.17. The van der Waals surface area contributed by atoms with Crippen molar-refractivity contribution >= 4 is 22.6 Å². The zero-order valence-corrected chi connectivity index (χ0v) is 12.5. The van der Waals surface area contributed by atoms with E-state index in [-0.39, 0.29) is 0 Å². The lowest BCUT2D eigenvalue weighted by Gasteiger charge is -1.98. The van der Waals surface area contributed by atoms with Gasteiger partial charge in [-0.05, 0) is 59.8 Å². The minimum atomic E-state index is 0.594. The van der Waals surface area contributed by atoms with Gasteiger partial charge in [-0.25, -0.2) is 0 Å². The van der Waals surface area contributed by atoms with Gasteiger partial charge >= 0.3 is 0 Å². The van der Waals surface area contributed by atoms with Gasteiger partial charge in [-0.15, -0.1) is 10.2 Å². The summed E-state index contributed by atoms with van der Waals surface area (Å²) in [5.41, 5.74) is 0.968. The molecule has 0 aliphatic rings. The highest BCUT2D eigenvalue weighted by Gasteiger charge is 2.07. The molecule has 96 valence electrons. The Labute approximate surface area is 120 Å². The Balaban J connectivity index is 1.95. The Morgan fingerprint density at radius 1 is 1.17 bits per heavy atom. The second kappa shape index (κ2) is 6.84. The number of hydrogen-bond acceptors (Lipinski definition) is 4. The van der Waals surface area contributed by atoms with Crippen molar-refractivity contribution in [1.82, 2.24) is 15.5 Å². The number of nitrogens with one attached hydrogen (secondary N) is 1. The number of halogens is 1. The van der Waals surface area contributed by atoms with Crippen LogP contribution in [0, 0.1) is 3.57 Å². The van der Waals surface area contributed by atoms with Crippen molar-refractivity contribution < 1.29 is 4.42 Å². The molecule has 0 atom stereocenters. The van der Waals surface area contributed by atoms with E-state index in [1.165, 1.54) is 3.57 Å².